The molecule has 10 heteroatoms. The second-order valence-corrected chi connectivity index (χ2v) is 13.4. The lowest BCUT2D eigenvalue weighted by Gasteiger charge is -2.39. The lowest BCUT2D eigenvalue weighted by Crippen LogP contribution is -2.56. The first-order valence-corrected chi connectivity index (χ1v) is 16.0. The van der Waals surface area contributed by atoms with Crippen molar-refractivity contribution in [1.29, 1.82) is 0 Å². The van der Waals surface area contributed by atoms with Gasteiger partial charge in [-0.1, -0.05) is 30.8 Å². The molecule has 0 bridgehead atoms. The summed E-state index contributed by atoms with van der Waals surface area (Å²) in [4.78, 5) is 31.5. The summed E-state index contributed by atoms with van der Waals surface area (Å²) in [6.07, 6.45) is 4.82. The SMILES string of the molecule is [C-]#[N+]C[C@H]1CN(c2nc(OC[C@@]34CCCN3C[C@H](F)C4)nc3c(F)c(-c4cccc5c4[C@H]4C[C@H]4C5)ccc23)CCN1C(=O)C=C. The Balaban J connectivity index is 1.20. The smallest absolute Gasteiger partial charge is 0.319 e. The molecule has 2 aromatic carbocycles. The fourth-order valence-corrected chi connectivity index (χ4v) is 8.58. The number of aromatic nitrogens is 2. The van der Waals surface area contributed by atoms with E-state index in [9.17, 15) is 9.18 Å². The molecule has 5 atom stereocenters. The van der Waals surface area contributed by atoms with Crippen molar-refractivity contribution in [1.82, 2.24) is 19.8 Å². The van der Waals surface area contributed by atoms with Gasteiger partial charge in [0.2, 0.25) is 12.5 Å². The van der Waals surface area contributed by atoms with Crippen molar-refractivity contribution in [2.45, 2.75) is 55.8 Å². The van der Waals surface area contributed by atoms with Crippen LogP contribution in [0.1, 0.15) is 42.7 Å². The molecule has 1 saturated carbocycles. The Morgan fingerprint density at radius 1 is 1.18 bits per heavy atom. The second kappa shape index (κ2) is 10.8. The summed E-state index contributed by atoms with van der Waals surface area (Å²) in [5, 5.41) is 0.552. The molecule has 0 unspecified atom stereocenters. The van der Waals surface area contributed by atoms with Crippen LogP contribution in [0, 0.1) is 18.3 Å². The van der Waals surface area contributed by atoms with E-state index in [2.05, 4.69) is 27.4 Å². The minimum absolute atomic E-state index is 0.0592. The third-order valence-electron chi connectivity index (χ3n) is 10.8. The average molecular weight is 611 g/mol. The predicted octanol–water partition coefficient (Wildman–Crippen LogP) is 5.17. The van der Waals surface area contributed by atoms with Crippen LogP contribution in [0.25, 0.3) is 26.9 Å². The molecule has 4 heterocycles. The van der Waals surface area contributed by atoms with Crippen molar-refractivity contribution in [3.05, 3.63) is 71.3 Å². The fraction of sp³-hybridized carbons (Fsp3) is 0.486. The van der Waals surface area contributed by atoms with E-state index in [1.165, 1.54) is 17.2 Å². The monoisotopic (exact) mass is 610 g/mol. The zero-order valence-electron chi connectivity index (χ0n) is 25.2. The van der Waals surface area contributed by atoms with Crippen LogP contribution < -0.4 is 9.64 Å². The van der Waals surface area contributed by atoms with Gasteiger partial charge in [-0.25, -0.2) is 15.4 Å². The molecule has 0 N–H and O–H groups in total. The van der Waals surface area contributed by atoms with E-state index in [-0.39, 0.29) is 36.6 Å². The molecule has 3 aromatic rings. The van der Waals surface area contributed by atoms with Gasteiger partial charge in [-0.05, 0) is 72.9 Å². The number of alkyl halides is 1. The van der Waals surface area contributed by atoms with E-state index >= 15 is 4.39 Å². The van der Waals surface area contributed by atoms with Gasteiger partial charge in [0, 0.05) is 43.5 Å². The minimum atomic E-state index is -0.894. The highest BCUT2D eigenvalue weighted by atomic mass is 19.1. The number of carbonyl (C=O) groups excluding carboxylic acids is 1. The van der Waals surface area contributed by atoms with E-state index in [0.29, 0.717) is 61.2 Å². The number of anilines is 1. The quantitative estimate of drug-likeness (QED) is 0.272. The Morgan fingerprint density at radius 2 is 2.07 bits per heavy atom. The van der Waals surface area contributed by atoms with Crippen molar-refractivity contribution in [3.63, 3.8) is 0 Å². The number of amides is 1. The maximum Gasteiger partial charge on any atom is 0.319 e. The molecule has 0 spiro atoms. The van der Waals surface area contributed by atoms with E-state index in [1.54, 1.807) is 4.90 Å². The zero-order valence-corrected chi connectivity index (χ0v) is 25.2. The number of hydrogen-bond donors (Lipinski definition) is 0. The predicted molar refractivity (Wildman–Crippen MR) is 167 cm³/mol. The van der Waals surface area contributed by atoms with Crippen LogP contribution >= 0.6 is 0 Å². The van der Waals surface area contributed by atoms with Crippen LogP contribution in [0.5, 0.6) is 6.01 Å². The molecule has 45 heavy (non-hydrogen) atoms. The Labute approximate surface area is 261 Å². The molecule has 4 fully saturated rings. The molecule has 5 aliphatic rings. The standard InChI is InChI=1S/C35H36F2N6O2/c1-3-29(44)43-13-12-41(19-24(43)17-38-2)33-27-9-8-26(25-7-4-6-21-14-22-15-28(22)30(21)25)31(37)32(27)39-34(40-33)45-20-35-10-5-11-42(35)18-23(36)16-35/h3-4,6-9,22-24,28H,1,5,10-20H2/t22-,23-,24+,28+,35+/m1/s1. The number of carbonyl (C=O) groups is 1. The van der Waals surface area contributed by atoms with Gasteiger partial charge >= 0.3 is 6.01 Å². The van der Waals surface area contributed by atoms with E-state index in [0.717, 1.165) is 37.8 Å². The molecule has 1 amide bonds. The normalized spacial score (nSPS) is 28.5. The van der Waals surface area contributed by atoms with Crippen molar-refractivity contribution in [2.75, 3.05) is 50.8 Å². The van der Waals surface area contributed by atoms with Gasteiger partial charge in [0.15, 0.2) is 5.82 Å². The van der Waals surface area contributed by atoms with Crippen molar-refractivity contribution in [3.8, 4) is 17.1 Å². The zero-order chi connectivity index (χ0) is 30.9. The van der Waals surface area contributed by atoms with Crippen molar-refractivity contribution < 1.29 is 18.3 Å². The Bertz CT molecular complexity index is 1760. The summed E-state index contributed by atoms with van der Waals surface area (Å²) < 4.78 is 37.6. The fourth-order valence-electron chi connectivity index (χ4n) is 8.58. The molecule has 3 aliphatic heterocycles. The van der Waals surface area contributed by atoms with Crippen molar-refractivity contribution >= 4 is 22.6 Å². The van der Waals surface area contributed by atoms with Crippen LogP contribution in [0.4, 0.5) is 14.6 Å². The molecular weight excluding hydrogens is 574 g/mol. The third-order valence-corrected chi connectivity index (χ3v) is 10.8. The molecular formula is C35H36F2N6O2. The van der Waals surface area contributed by atoms with Crippen LogP contribution in [0.15, 0.2) is 43.0 Å². The summed E-state index contributed by atoms with van der Waals surface area (Å²) in [6.45, 7) is 13.9. The number of nitrogens with zero attached hydrogens (tertiary/aromatic N) is 6. The Morgan fingerprint density at radius 3 is 2.91 bits per heavy atom. The van der Waals surface area contributed by atoms with Crippen molar-refractivity contribution in [2.24, 2.45) is 5.92 Å². The van der Waals surface area contributed by atoms with Gasteiger partial charge in [-0.2, -0.15) is 9.97 Å². The summed E-state index contributed by atoms with van der Waals surface area (Å²) in [7, 11) is 0. The molecule has 0 radical (unpaired) electrons. The Hall–Kier alpha value is -4.10. The van der Waals surface area contributed by atoms with E-state index < -0.39 is 17.5 Å². The van der Waals surface area contributed by atoms with Gasteiger partial charge in [-0.3, -0.25) is 9.69 Å². The summed E-state index contributed by atoms with van der Waals surface area (Å²) in [5.41, 5.74) is 3.79. The van der Waals surface area contributed by atoms with Gasteiger partial charge in [0.05, 0.1) is 5.54 Å². The number of halogens is 2. The maximum atomic E-state index is 16.8. The van der Waals surface area contributed by atoms with Crippen LogP contribution in [-0.4, -0.2) is 89.3 Å². The summed E-state index contributed by atoms with van der Waals surface area (Å²) >= 11 is 0. The number of piperazine rings is 1. The molecule has 2 aliphatic carbocycles. The number of fused-ring (bicyclic) bond motifs is 5. The average Bonchev–Trinajstić information content (AvgIpc) is 3.37. The maximum absolute atomic E-state index is 16.8. The molecule has 8 rings (SSSR count). The minimum Gasteiger partial charge on any atom is -0.461 e. The topological polar surface area (TPSA) is 66.2 Å². The van der Waals surface area contributed by atoms with Gasteiger partial charge < -0.3 is 19.4 Å². The first kappa shape index (κ1) is 28.4. The third kappa shape index (κ3) is 4.66. The van der Waals surface area contributed by atoms with E-state index in [1.807, 2.05) is 29.2 Å². The lowest BCUT2D eigenvalue weighted by atomic mass is 9.93. The van der Waals surface area contributed by atoms with Crippen LogP contribution in [0.2, 0.25) is 0 Å². The molecule has 1 aromatic heterocycles. The molecule has 3 saturated heterocycles. The first-order chi connectivity index (χ1) is 21.9. The number of rotatable bonds is 7. The number of hydrogen-bond acceptors (Lipinski definition) is 6. The van der Waals surface area contributed by atoms with Gasteiger partial charge in [0.25, 0.3) is 0 Å². The largest absolute Gasteiger partial charge is 0.461 e. The number of benzene rings is 2. The number of ether oxygens (including phenoxy) is 1. The van der Waals surface area contributed by atoms with Crippen LogP contribution in [-0.2, 0) is 11.2 Å². The van der Waals surface area contributed by atoms with Gasteiger partial charge in [-0.15, -0.1) is 0 Å². The van der Waals surface area contributed by atoms with Crippen LogP contribution in [0.3, 0.4) is 0 Å². The summed E-state index contributed by atoms with van der Waals surface area (Å²) in [6, 6.07) is 9.58. The molecule has 8 nitrogen and oxygen atoms in total. The highest BCUT2D eigenvalue weighted by molar-refractivity contribution is 5.94. The first-order valence-electron chi connectivity index (χ1n) is 16.0. The molecule has 232 valence electrons. The summed E-state index contributed by atoms with van der Waals surface area (Å²) in [5.74, 6) is 1.05. The Kier molecular flexibility index (Phi) is 6.79. The second-order valence-electron chi connectivity index (χ2n) is 13.4. The highest BCUT2D eigenvalue weighted by Crippen LogP contribution is 2.59. The van der Waals surface area contributed by atoms with E-state index in [4.69, 9.17) is 16.3 Å². The van der Waals surface area contributed by atoms with Gasteiger partial charge in [0.1, 0.15) is 30.2 Å². The highest BCUT2D eigenvalue weighted by Gasteiger charge is 2.50. The lowest BCUT2D eigenvalue weighted by molar-refractivity contribution is -0.128.